The molecule has 0 saturated carbocycles. The van der Waals surface area contributed by atoms with Crippen LogP contribution in [0.2, 0.25) is 0 Å². The van der Waals surface area contributed by atoms with Crippen LogP contribution in [0, 0.1) is 0 Å². The Morgan fingerprint density at radius 3 is 0.667 bits per heavy atom. The van der Waals surface area contributed by atoms with Gasteiger partial charge in [0.2, 0.25) is 0 Å². The Hall–Kier alpha value is 0.780. The molecule has 0 aliphatic heterocycles. The van der Waals surface area contributed by atoms with E-state index in [1.807, 2.05) is 0 Å². The summed E-state index contributed by atoms with van der Waals surface area (Å²) in [4.78, 5) is 0. The van der Waals surface area contributed by atoms with Gasteiger partial charge in [0.1, 0.15) is 0 Å². The number of halogens is 1. The molecule has 0 atom stereocenters. The Morgan fingerprint density at radius 2 is 0.471 bits per heavy atom. The molecule has 0 amide bonds. The summed E-state index contributed by atoms with van der Waals surface area (Å²) < 4.78 is 44.8. The van der Waals surface area contributed by atoms with Gasteiger partial charge in [-0.25, -0.2) is 12.5 Å². The number of rotatable bonds is 42. The lowest BCUT2D eigenvalue weighted by Crippen LogP contribution is -2.20. The van der Waals surface area contributed by atoms with Crippen molar-refractivity contribution in [2.45, 2.75) is 247 Å². The van der Waals surface area contributed by atoms with Crippen LogP contribution in [0.3, 0.4) is 0 Å². The van der Waals surface area contributed by atoms with Crippen LogP contribution in [-0.2, 0) is 12.5 Å². The molecule has 0 spiro atoms. The molecule has 3 nitrogen and oxygen atoms in total. The van der Waals surface area contributed by atoms with E-state index in [0.717, 1.165) is 85.9 Å². The lowest BCUT2D eigenvalue weighted by Gasteiger charge is -2.44. The molecule has 0 saturated heterocycles. The Labute approximate surface area is 325 Å². The molecule has 0 unspecified atom stereocenters. The molecule has 0 fully saturated rings. The predicted octanol–water partition coefficient (Wildman–Crippen LogP) is 18.1. The van der Waals surface area contributed by atoms with Crippen molar-refractivity contribution in [2.75, 3.05) is 34.5 Å². The van der Waals surface area contributed by atoms with Crippen molar-refractivity contribution in [2.24, 2.45) is 0 Å². The zero-order valence-corrected chi connectivity index (χ0v) is 38.3. The largest absolute Gasteiger partial charge is 0.532 e. The molecule has 51 heavy (non-hydrogen) atoms. The first-order chi connectivity index (χ1) is 24.8. The number of unbranched alkanes of at least 4 members (excludes halogenated alkanes) is 26. The highest BCUT2D eigenvalue weighted by molar-refractivity contribution is 8.33. The second-order valence-electron chi connectivity index (χ2n) is 15.9. The third-order valence-electron chi connectivity index (χ3n) is 10.7. The van der Waals surface area contributed by atoms with Gasteiger partial charge in [-0.3, -0.25) is 0 Å². The van der Waals surface area contributed by atoms with E-state index in [2.05, 4.69) is 41.5 Å². The van der Waals surface area contributed by atoms with Gasteiger partial charge in [0.05, 0.1) is 0 Å². The predicted molar refractivity (Wildman–Crippen MR) is 237 cm³/mol. The minimum Gasteiger partial charge on any atom is -0.233 e. The maximum Gasteiger partial charge on any atom is 0.532 e. The van der Waals surface area contributed by atoms with Crippen LogP contribution < -0.4 is 0 Å². The van der Waals surface area contributed by atoms with Gasteiger partial charge in [0.25, 0.3) is 0 Å². The Balaban J connectivity index is 6.29. The summed E-state index contributed by atoms with van der Waals surface area (Å²) in [6, 6.07) is 0. The fourth-order valence-corrected chi connectivity index (χ4v) is 18.1. The van der Waals surface area contributed by atoms with Gasteiger partial charge < -0.3 is 0 Å². The van der Waals surface area contributed by atoms with E-state index in [-0.39, 0.29) is 0 Å². The molecule has 0 aromatic carbocycles. The molecule has 0 heterocycles. The monoisotopic (exact) mass is 785 g/mol. The van der Waals surface area contributed by atoms with Gasteiger partial charge in [-0.05, 0) is 73.0 Å². The van der Waals surface area contributed by atoms with Crippen LogP contribution in [0.4, 0.5) is 4.20 Å². The first-order valence-corrected chi connectivity index (χ1v) is 28.6. The quantitative estimate of drug-likeness (QED) is 0.0457. The molecule has 0 radical (unpaired) electrons. The van der Waals surface area contributed by atoms with Crippen molar-refractivity contribution in [1.29, 1.82) is 0 Å². The minimum atomic E-state index is -4.74. The van der Waals surface area contributed by atoms with Crippen LogP contribution >= 0.6 is 28.5 Å². The molecule has 0 bridgehead atoms. The Morgan fingerprint density at radius 1 is 0.314 bits per heavy atom. The Kier molecular flexibility index (Phi) is 37.0. The van der Waals surface area contributed by atoms with E-state index in [1.54, 1.807) is 0 Å². The second kappa shape index (κ2) is 36.4. The highest BCUT2D eigenvalue weighted by atomic mass is 32.3. The van der Waals surface area contributed by atoms with Crippen molar-refractivity contribution in [1.82, 2.24) is 0 Å². The van der Waals surface area contributed by atoms with Gasteiger partial charge in [0, 0.05) is 0 Å². The lowest BCUT2D eigenvalue weighted by atomic mass is 10.1. The number of hydrogen-bond acceptors (Lipinski definition) is 3. The van der Waals surface area contributed by atoms with Crippen LogP contribution in [0.5, 0.6) is 0 Å². The second-order valence-corrected chi connectivity index (χ2v) is 24.3. The summed E-state index contributed by atoms with van der Waals surface area (Å²) in [6.07, 6.45) is 38.3. The molecule has 312 valence electrons. The summed E-state index contributed by atoms with van der Waals surface area (Å²) in [7, 11) is -8.42. The highest BCUT2D eigenvalue weighted by Gasteiger charge is 2.42. The van der Waals surface area contributed by atoms with E-state index in [4.69, 9.17) is 7.94 Å². The maximum atomic E-state index is 17.1. The molecule has 0 aromatic rings. The highest BCUT2D eigenvalue weighted by Crippen LogP contribution is 2.73. The molecule has 0 rings (SSSR count). The molecule has 7 heteroatoms. The van der Waals surface area contributed by atoms with Gasteiger partial charge >= 0.3 is 7.91 Å². The molecule has 0 aliphatic carbocycles. The topological polar surface area (TPSA) is 35.5 Å². The SMILES string of the molecule is CCCCCCCCS(CCCCCC)(CCCCCCCC)OP(=O)(F)OS(CCCCCC)(CCCCCCCC)CCCCCCCC. The van der Waals surface area contributed by atoms with E-state index < -0.39 is 28.5 Å². The zero-order valence-electron chi connectivity index (χ0n) is 35.7. The average Bonchev–Trinajstić information content (AvgIpc) is 3.11. The van der Waals surface area contributed by atoms with E-state index >= 15 is 4.20 Å². The van der Waals surface area contributed by atoms with Crippen LogP contribution in [0.25, 0.3) is 0 Å². The Bertz CT molecular complexity index is 681. The van der Waals surface area contributed by atoms with Gasteiger partial charge in [-0.15, -0.1) is 24.8 Å². The summed E-state index contributed by atoms with van der Waals surface area (Å²) in [6.45, 7) is 13.6. The third kappa shape index (κ3) is 30.7. The van der Waals surface area contributed by atoms with Crippen molar-refractivity contribution in [3.8, 4) is 0 Å². The lowest BCUT2D eigenvalue weighted by molar-refractivity contribution is 0.363. The fourth-order valence-electron chi connectivity index (χ4n) is 7.39. The van der Waals surface area contributed by atoms with E-state index in [0.29, 0.717) is 0 Å². The standard InChI is InChI=1S/C44H94FO3PS2/c1-7-13-19-25-29-35-41-50(39-33-23-17-11-5,42-36-30-26-20-14-8-2)47-49(45,46)48-51(40-34-24-18-12-6,43-37-31-27-21-15-9-3)44-38-32-28-22-16-10-4/h7-44H2,1-6H3. The van der Waals surface area contributed by atoms with Crippen LogP contribution in [0.1, 0.15) is 247 Å². The molecule has 0 aliphatic rings. The smallest absolute Gasteiger partial charge is 0.233 e. The normalized spacial score (nSPS) is 13.3. The van der Waals surface area contributed by atoms with E-state index in [9.17, 15) is 4.57 Å². The fraction of sp³-hybridized carbons (Fsp3) is 1.00. The van der Waals surface area contributed by atoms with Crippen molar-refractivity contribution >= 4 is 28.5 Å². The molecular weight excluding hydrogens is 691 g/mol. The molecule has 0 aromatic heterocycles. The average molecular weight is 785 g/mol. The van der Waals surface area contributed by atoms with Crippen molar-refractivity contribution in [3.63, 3.8) is 0 Å². The molecular formula is C44H94FO3PS2. The van der Waals surface area contributed by atoms with Crippen LogP contribution in [-0.4, -0.2) is 34.5 Å². The van der Waals surface area contributed by atoms with Crippen LogP contribution in [0.15, 0.2) is 0 Å². The van der Waals surface area contributed by atoms with Crippen molar-refractivity contribution < 1.29 is 16.7 Å². The molecule has 0 N–H and O–H groups in total. The minimum absolute atomic E-state index is 0.891. The first-order valence-electron chi connectivity index (χ1n) is 23.0. The maximum absolute atomic E-state index is 17.1. The summed E-state index contributed by atoms with van der Waals surface area (Å²) in [5.41, 5.74) is 0. The van der Waals surface area contributed by atoms with Gasteiger partial charge in [-0.2, -0.15) is 0 Å². The zero-order chi connectivity index (χ0) is 37.8. The van der Waals surface area contributed by atoms with E-state index in [1.165, 1.54) is 154 Å². The summed E-state index contributed by atoms with van der Waals surface area (Å²) in [5.74, 6) is 5.36. The van der Waals surface area contributed by atoms with Crippen molar-refractivity contribution in [3.05, 3.63) is 0 Å². The van der Waals surface area contributed by atoms with Gasteiger partial charge in [0.15, 0.2) is 0 Å². The summed E-state index contributed by atoms with van der Waals surface area (Å²) in [5, 5.41) is 0. The first kappa shape index (κ1) is 51.8. The number of hydrogen-bond donors (Lipinski definition) is 0. The summed E-state index contributed by atoms with van der Waals surface area (Å²) >= 11 is 0. The van der Waals surface area contributed by atoms with Gasteiger partial charge in [-0.1, -0.05) is 208 Å². The third-order valence-corrected chi connectivity index (χ3v) is 20.9.